The van der Waals surface area contributed by atoms with E-state index in [2.05, 4.69) is 77.6 Å². The highest BCUT2D eigenvalue weighted by molar-refractivity contribution is 14.1. The number of nitrogens with zero attached hydrogens (tertiary/aromatic N) is 2. The van der Waals surface area contributed by atoms with Crippen LogP contribution in [-0.2, 0) is 0 Å². The first-order valence-corrected chi connectivity index (χ1v) is 8.65. The Kier molecular flexibility index (Phi) is 5.26. The number of rotatable bonds is 4. The third kappa shape index (κ3) is 3.44. The van der Waals surface area contributed by atoms with Crippen LogP contribution >= 0.6 is 34.4 Å². The van der Waals surface area contributed by atoms with Crippen LogP contribution in [0.2, 0.25) is 0 Å². The average Bonchev–Trinajstić information content (AvgIpc) is 2.42. The van der Waals surface area contributed by atoms with Crippen molar-refractivity contribution in [1.29, 1.82) is 0 Å². The van der Waals surface area contributed by atoms with Crippen LogP contribution in [0.4, 0.5) is 5.82 Å². The number of hydrogen-bond donors (Lipinski definition) is 1. The molecular weight excluding hydrogens is 381 g/mol. The standard InChI is InChI=1S/C15H18IN3S/c1-4-20-11-7-5-10(6-8-11)15-18-13(9(2)3)12(16)14(17)19-15/h5-9H,4H2,1-3H3,(H2,17,18,19). The zero-order chi connectivity index (χ0) is 14.7. The largest absolute Gasteiger partial charge is 0.383 e. The maximum absolute atomic E-state index is 6.01. The molecule has 106 valence electrons. The Morgan fingerprint density at radius 1 is 1.20 bits per heavy atom. The number of nitrogen functional groups attached to an aromatic ring is 1. The molecule has 3 nitrogen and oxygen atoms in total. The van der Waals surface area contributed by atoms with Crippen molar-refractivity contribution in [1.82, 2.24) is 9.97 Å². The van der Waals surface area contributed by atoms with Gasteiger partial charge in [0, 0.05) is 10.5 Å². The van der Waals surface area contributed by atoms with Gasteiger partial charge in [0.15, 0.2) is 5.82 Å². The highest BCUT2D eigenvalue weighted by Crippen LogP contribution is 2.28. The van der Waals surface area contributed by atoms with Crippen molar-refractivity contribution < 1.29 is 0 Å². The van der Waals surface area contributed by atoms with E-state index in [-0.39, 0.29) is 0 Å². The Bertz CT molecular complexity index is 597. The van der Waals surface area contributed by atoms with Gasteiger partial charge < -0.3 is 5.73 Å². The maximum Gasteiger partial charge on any atom is 0.161 e. The monoisotopic (exact) mass is 399 g/mol. The number of hydrogen-bond acceptors (Lipinski definition) is 4. The van der Waals surface area contributed by atoms with Crippen LogP contribution in [0.5, 0.6) is 0 Å². The van der Waals surface area contributed by atoms with Crippen molar-refractivity contribution >= 4 is 40.2 Å². The van der Waals surface area contributed by atoms with Crippen molar-refractivity contribution in [3.8, 4) is 11.4 Å². The van der Waals surface area contributed by atoms with Crippen molar-refractivity contribution in [3.63, 3.8) is 0 Å². The summed E-state index contributed by atoms with van der Waals surface area (Å²) in [5.74, 6) is 2.68. The van der Waals surface area contributed by atoms with Gasteiger partial charge in [0.2, 0.25) is 0 Å². The lowest BCUT2D eigenvalue weighted by Gasteiger charge is -2.11. The number of aromatic nitrogens is 2. The van der Waals surface area contributed by atoms with Gasteiger partial charge in [-0.1, -0.05) is 32.9 Å². The fourth-order valence-corrected chi connectivity index (χ4v) is 3.39. The molecule has 0 saturated carbocycles. The molecule has 0 spiro atoms. The Hall–Kier alpha value is -0.820. The van der Waals surface area contributed by atoms with E-state index < -0.39 is 0 Å². The summed E-state index contributed by atoms with van der Waals surface area (Å²) < 4.78 is 0.958. The summed E-state index contributed by atoms with van der Waals surface area (Å²) in [4.78, 5) is 10.3. The van der Waals surface area contributed by atoms with Gasteiger partial charge in [-0.2, -0.15) is 0 Å². The molecule has 1 aromatic carbocycles. The van der Waals surface area contributed by atoms with Gasteiger partial charge >= 0.3 is 0 Å². The third-order valence-electron chi connectivity index (χ3n) is 2.87. The molecule has 0 amide bonds. The Morgan fingerprint density at radius 3 is 2.40 bits per heavy atom. The van der Waals surface area contributed by atoms with Crippen LogP contribution in [-0.4, -0.2) is 15.7 Å². The van der Waals surface area contributed by atoms with E-state index in [9.17, 15) is 0 Å². The molecule has 1 heterocycles. The summed E-state index contributed by atoms with van der Waals surface area (Å²) >= 11 is 4.05. The molecule has 2 N–H and O–H groups in total. The minimum atomic E-state index is 0.334. The Labute approximate surface area is 137 Å². The first-order valence-electron chi connectivity index (χ1n) is 6.59. The highest BCUT2D eigenvalue weighted by Gasteiger charge is 2.14. The summed E-state index contributed by atoms with van der Waals surface area (Å²) in [6.07, 6.45) is 0. The second kappa shape index (κ2) is 6.76. The molecule has 5 heteroatoms. The van der Waals surface area contributed by atoms with Gasteiger partial charge in [-0.3, -0.25) is 0 Å². The number of halogens is 1. The molecule has 0 fully saturated rings. The molecule has 0 bridgehead atoms. The Balaban J connectivity index is 2.42. The van der Waals surface area contributed by atoms with Crippen LogP contribution in [0.1, 0.15) is 32.4 Å². The smallest absolute Gasteiger partial charge is 0.161 e. The fourth-order valence-electron chi connectivity index (χ4n) is 1.86. The van der Waals surface area contributed by atoms with E-state index in [0.717, 1.165) is 20.6 Å². The first kappa shape index (κ1) is 15.6. The topological polar surface area (TPSA) is 51.8 Å². The lowest BCUT2D eigenvalue weighted by Crippen LogP contribution is -2.06. The minimum absolute atomic E-state index is 0.334. The van der Waals surface area contributed by atoms with Crippen LogP contribution < -0.4 is 5.73 Å². The quantitative estimate of drug-likeness (QED) is 0.605. The maximum atomic E-state index is 6.01. The fraction of sp³-hybridized carbons (Fsp3) is 0.333. The Morgan fingerprint density at radius 2 is 1.85 bits per heavy atom. The van der Waals surface area contributed by atoms with Crippen molar-refractivity contribution in [2.45, 2.75) is 31.6 Å². The summed E-state index contributed by atoms with van der Waals surface area (Å²) in [6, 6.07) is 8.33. The van der Waals surface area contributed by atoms with E-state index in [1.54, 1.807) is 0 Å². The SMILES string of the molecule is CCSc1ccc(-c2nc(N)c(I)c(C(C)C)n2)cc1. The highest BCUT2D eigenvalue weighted by atomic mass is 127. The van der Waals surface area contributed by atoms with E-state index in [0.29, 0.717) is 17.6 Å². The molecule has 0 aliphatic rings. The zero-order valence-corrected chi connectivity index (χ0v) is 14.8. The van der Waals surface area contributed by atoms with Gasteiger partial charge in [0.1, 0.15) is 5.82 Å². The number of anilines is 1. The third-order valence-corrected chi connectivity index (χ3v) is 4.87. The molecule has 2 rings (SSSR count). The van der Waals surface area contributed by atoms with E-state index in [1.807, 2.05) is 11.8 Å². The van der Waals surface area contributed by atoms with Gasteiger partial charge in [-0.15, -0.1) is 11.8 Å². The molecule has 0 saturated heterocycles. The van der Waals surface area contributed by atoms with Gasteiger partial charge in [0.05, 0.1) is 9.26 Å². The van der Waals surface area contributed by atoms with E-state index in [4.69, 9.17) is 5.73 Å². The van der Waals surface area contributed by atoms with Crippen LogP contribution in [0, 0.1) is 3.57 Å². The van der Waals surface area contributed by atoms with Gasteiger partial charge in [-0.05, 0) is 46.4 Å². The van der Waals surface area contributed by atoms with Crippen molar-refractivity contribution in [2.24, 2.45) is 0 Å². The molecule has 2 aromatic rings. The predicted octanol–water partition coefficient (Wildman–Crippen LogP) is 4.57. The van der Waals surface area contributed by atoms with Crippen molar-refractivity contribution in [3.05, 3.63) is 33.5 Å². The summed E-state index contributed by atoms with van der Waals surface area (Å²) in [5.41, 5.74) is 8.04. The van der Waals surface area contributed by atoms with Crippen molar-refractivity contribution in [2.75, 3.05) is 11.5 Å². The summed E-state index contributed by atoms with van der Waals surface area (Å²) in [6.45, 7) is 6.39. The second-order valence-electron chi connectivity index (χ2n) is 4.74. The number of thioether (sulfide) groups is 1. The minimum Gasteiger partial charge on any atom is -0.383 e. The first-order chi connectivity index (χ1) is 9.52. The van der Waals surface area contributed by atoms with Gasteiger partial charge in [0.25, 0.3) is 0 Å². The second-order valence-corrected chi connectivity index (χ2v) is 7.16. The number of nitrogens with two attached hydrogens (primary N) is 1. The normalized spacial score (nSPS) is 11.1. The van der Waals surface area contributed by atoms with E-state index >= 15 is 0 Å². The lowest BCUT2D eigenvalue weighted by atomic mass is 10.1. The van der Waals surface area contributed by atoms with Crippen LogP contribution in [0.15, 0.2) is 29.2 Å². The predicted molar refractivity (Wildman–Crippen MR) is 95.1 cm³/mol. The zero-order valence-electron chi connectivity index (χ0n) is 11.9. The van der Waals surface area contributed by atoms with Gasteiger partial charge in [-0.25, -0.2) is 9.97 Å². The van der Waals surface area contributed by atoms with E-state index in [1.165, 1.54) is 4.90 Å². The van der Waals surface area contributed by atoms with Crippen LogP contribution in [0.25, 0.3) is 11.4 Å². The molecule has 0 aliphatic heterocycles. The molecular formula is C15H18IN3S. The molecule has 0 unspecified atom stereocenters. The molecule has 0 radical (unpaired) electrons. The number of benzene rings is 1. The lowest BCUT2D eigenvalue weighted by molar-refractivity contribution is 0.810. The molecule has 0 atom stereocenters. The summed E-state index contributed by atoms with van der Waals surface area (Å²) in [5, 5.41) is 0. The summed E-state index contributed by atoms with van der Waals surface area (Å²) in [7, 11) is 0. The average molecular weight is 399 g/mol. The van der Waals surface area contributed by atoms with Crippen LogP contribution in [0.3, 0.4) is 0 Å². The molecule has 1 aromatic heterocycles. The molecule has 0 aliphatic carbocycles. The molecule has 20 heavy (non-hydrogen) atoms.